The number of hydrogen-bond acceptors (Lipinski definition) is 1. The predicted molar refractivity (Wildman–Crippen MR) is 47.3 cm³/mol. The van der Waals surface area contributed by atoms with Crippen LogP contribution in [0.5, 0.6) is 0 Å². The quantitative estimate of drug-likeness (QED) is 0.571. The third-order valence-corrected chi connectivity index (χ3v) is 2.13. The van der Waals surface area contributed by atoms with Crippen LogP contribution in [0.15, 0.2) is 0 Å². The topological polar surface area (TPSA) is 3.24 Å². The van der Waals surface area contributed by atoms with Crippen LogP contribution in [0.4, 0.5) is 0 Å². The van der Waals surface area contributed by atoms with E-state index in [1.54, 1.807) is 0 Å². The van der Waals surface area contributed by atoms with Crippen molar-refractivity contribution in [1.82, 2.24) is 4.90 Å². The largest absolute Gasteiger partial charge is 0.301 e. The van der Waals surface area contributed by atoms with Crippen LogP contribution in [0, 0.1) is 0 Å². The van der Waals surface area contributed by atoms with Crippen molar-refractivity contribution in [1.29, 1.82) is 0 Å². The van der Waals surface area contributed by atoms with Gasteiger partial charge in [0.25, 0.3) is 0 Å². The van der Waals surface area contributed by atoms with E-state index in [4.69, 9.17) is 0 Å². The second kappa shape index (κ2) is 5.72. The van der Waals surface area contributed by atoms with Crippen LogP contribution in [0.1, 0.15) is 40.5 Å². The van der Waals surface area contributed by atoms with Crippen LogP contribution in [0.25, 0.3) is 0 Å². The lowest BCUT2D eigenvalue weighted by Gasteiger charge is -2.26. The molecule has 0 aliphatic rings. The molecule has 0 unspecified atom stereocenters. The normalized spacial score (nSPS) is 14.1. The molecule has 0 aliphatic carbocycles. The highest BCUT2D eigenvalue weighted by Gasteiger charge is 2.06. The molecule has 1 atom stereocenters. The number of hydrogen-bond donors (Lipinski definition) is 0. The van der Waals surface area contributed by atoms with E-state index in [1.807, 2.05) is 0 Å². The first-order valence-electron chi connectivity index (χ1n) is 4.50. The first-order valence-corrected chi connectivity index (χ1v) is 4.50. The van der Waals surface area contributed by atoms with Crippen molar-refractivity contribution in [2.24, 2.45) is 0 Å². The highest BCUT2D eigenvalue weighted by Crippen LogP contribution is 2.02. The summed E-state index contributed by atoms with van der Waals surface area (Å²) >= 11 is 0. The zero-order valence-electron chi connectivity index (χ0n) is 7.85. The number of rotatable bonds is 5. The van der Waals surface area contributed by atoms with Gasteiger partial charge >= 0.3 is 0 Å². The van der Waals surface area contributed by atoms with Gasteiger partial charge in [0.2, 0.25) is 0 Å². The van der Waals surface area contributed by atoms with Gasteiger partial charge < -0.3 is 4.90 Å². The summed E-state index contributed by atoms with van der Waals surface area (Å²) in [4.78, 5) is 2.53. The first kappa shape index (κ1) is 9.96. The molecule has 0 N–H and O–H groups in total. The minimum absolute atomic E-state index is 0.768. The fourth-order valence-corrected chi connectivity index (χ4v) is 1.24. The van der Waals surface area contributed by atoms with E-state index >= 15 is 0 Å². The lowest BCUT2D eigenvalue weighted by molar-refractivity contribution is 0.215. The second-order valence-electron chi connectivity index (χ2n) is 2.89. The third kappa shape index (κ3) is 3.21. The van der Waals surface area contributed by atoms with Gasteiger partial charge in [-0.05, 0) is 32.9 Å². The minimum atomic E-state index is 0.768. The Bertz CT molecular complexity index is 71.1. The van der Waals surface area contributed by atoms with Crippen LogP contribution in [0.2, 0.25) is 0 Å². The smallest absolute Gasteiger partial charge is 0.00641 e. The van der Waals surface area contributed by atoms with Gasteiger partial charge in [0.15, 0.2) is 0 Å². The molecule has 0 spiro atoms. The fraction of sp³-hybridized carbons (Fsp3) is 1.00. The molecule has 0 saturated carbocycles. The van der Waals surface area contributed by atoms with Crippen molar-refractivity contribution in [3.63, 3.8) is 0 Å². The molecule has 1 nitrogen and oxygen atoms in total. The predicted octanol–water partition coefficient (Wildman–Crippen LogP) is 2.52. The first-order chi connectivity index (χ1) is 4.76. The molecular formula is C9H21N. The molecule has 0 rings (SSSR count). The van der Waals surface area contributed by atoms with Crippen LogP contribution in [-0.2, 0) is 0 Å². The lowest BCUT2D eigenvalue weighted by atomic mass is 10.2. The van der Waals surface area contributed by atoms with E-state index in [-0.39, 0.29) is 0 Å². The molecule has 0 aromatic heterocycles. The van der Waals surface area contributed by atoms with Crippen LogP contribution in [-0.4, -0.2) is 24.0 Å². The monoisotopic (exact) mass is 143 g/mol. The molecular weight excluding hydrogens is 122 g/mol. The average Bonchev–Trinajstić information content (AvgIpc) is 1.99. The van der Waals surface area contributed by atoms with Crippen LogP contribution < -0.4 is 0 Å². The average molecular weight is 143 g/mol. The van der Waals surface area contributed by atoms with Crippen molar-refractivity contribution >= 4 is 0 Å². The molecule has 62 valence electrons. The zero-order chi connectivity index (χ0) is 7.98. The van der Waals surface area contributed by atoms with Gasteiger partial charge in [0.05, 0.1) is 0 Å². The SMILES string of the molecule is CCCN(CC)[C@@H](C)CC. The highest BCUT2D eigenvalue weighted by molar-refractivity contribution is 4.62. The molecule has 0 amide bonds. The maximum atomic E-state index is 2.53. The summed E-state index contributed by atoms with van der Waals surface area (Å²) < 4.78 is 0. The zero-order valence-corrected chi connectivity index (χ0v) is 7.85. The van der Waals surface area contributed by atoms with Crippen molar-refractivity contribution in [3.05, 3.63) is 0 Å². The highest BCUT2D eigenvalue weighted by atomic mass is 15.1. The van der Waals surface area contributed by atoms with Crippen molar-refractivity contribution in [2.75, 3.05) is 13.1 Å². The Morgan fingerprint density at radius 3 is 2.10 bits per heavy atom. The Labute approximate surface area is 65.4 Å². The molecule has 0 radical (unpaired) electrons. The standard InChI is InChI=1S/C9H21N/c1-5-8-10(7-3)9(4)6-2/h9H,5-8H2,1-4H3/t9-/m0/s1. The molecule has 0 aromatic carbocycles. The van der Waals surface area contributed by atoms with Gasteiger partial charge in [-0.25, -0.2) is 0 Å². The summed E-state index contributed by atoms with van der Waals surface area (Å²) in [5.74, 6) is 0. The van der Waals surface area contributed by atoms with Gasteiger partial charge in [-0.3, -0.25) is 0 Å². The number of nitrogens with zero attached hydrogens (tertiary/aromatic N) is 1. The maximum Gasteiger partial charge on any atom is 0.00641 e. The van der Waals surface area contributed by atoms with Crippen LogP contribution in [0.3, 0.4) is 0 Å². The van der Waals surface area contributed by atoms with E-state index in [0.29, 0.717) is 0 Å². The minimum Gasteiger partial charge on any atom is -0.301 e. The Morgan fingerprint density at radius 1 is 1.20 bits per heavy atom. The molecule has 0 aliphatic heterocycles. The molecule has 10 heavy (non-hydrogen) atoms. The molecule has 0 aromatic rings. The Morgan fingerprint density at radius 2 is 1.80 bits per heavy atom. The van der Waals surface area contributed by atoms with Gasteiger partial charge in [0, 0.05) is 6.04 Å². The molecule has 1 heteroatoms. The molecule has 0 heterocycles. The van der Waals surface area contributed by atoms with Crippen molar-refractivity contribution < 1.29 is 0 Å². The summed E-state index contributed by atoms with van der Waals surface area (Å²) in [7, 11) is 0. The lowest BCUT2D eigenvalue weighted by Crippen LogP contribution is -2.32. The van der Waals surface area contributed by atoms with Gasteiger partial charge in [-0.15, -0.1) is 0 Å². The fourth-order valence-electron chi connectivity index (χ4n) is 1.24. The summed E-state index contributed by atoms with van der Waals surface area (Å²) in [5, 5.41) is 0. The van der Waals surface area contributed by atoms with E-state index in [0.717, 1.165) is 6.04 Å². The molecule has 0 bridgehead atoms. The maximum absolute atomic E-state index is 2.53. The summed E-state index contributed by atoms with van der Waals surface area (Å²) in [6.07, 6.45) is 2.55. The summed E-state index contributed by atoms with van der Waals surface area (Å²) in [6.45, 7) is 11.5. The van der Waals surface area contributed by atoms with Gasteiger partial charge in [-0.2, -0.15) is 0 Å². The summed E-state index contributed by atoms with van der Waals surface area (Å²) in [6, 6.07) is 0.768. The van der Waals surface area contributed by atoms with Crippen LogP contribution >= 0.6 is 0 Å². The Kier molecular flexibility index (Phi) is 5.70. The molecule has 0 saturated heterocycles. The van der Waals surface area contributed by atoms with Gasteiger partial charge in [-0.1, -0.05) is 20.8 Å². The van der Waals surface area contributed by atoms with E-state index < -0.39 is 0 Å². The van der Waals surface area contributed by atoms with E-state index in [2.05, 4.69) is 32.6 Å². The Hall–Kier alpha value is -0.0400. The van der Waals surface area contributed by atoms with Crippen molar-refractivity contribution in [3.8, 4) is 0 Å². The van der Waals surface area contributed by atoms with E-state index in [1.165, 1.54) is 25.9 Å². The third-order valence-electron chi connectivity index (χ3n) is 2.13. The second-order valence-corrected chi connectivity index (χ2v) is 2.89. The Balaban J connectivity index is 3.56. The van der Waals surface area contributed by atoms with Crippen molar-refractivity contribution in [2.45, 2.75) is 46.6 Å². The van der Waals surface area contributed by atoms with E-state index in [9.17, 15) is 0 Å². The summed E-state index contributed by atoms with van der Waals surface area (Å²) in [5.41, 5.74) is 0. The van der Waals surface area contributed by atoms with Gasteiger partial charge in [0.1, 0.15) is 0 Å². The molecule has 0 fully saturated rings.